The Morgan fingerprint density at radius 3 is 2.77 bits per heavy atom. The number of fused-ring (bicyclic) bond motifs is 1. The first-order valence-corrected chi connectivity index (χ1v) is 13.1. The third-order valence-electron chi connectivity index (χ3n) is 8.62. The predicted molar refractivity (Wildman–Crippen MR) is 139 cm³/mol. The maximum Gasteiger partial charge on any atom is 0.246 e. The van der Waals surface area contributed by atoms with Crippen LogP contribution in [0.4, 0.5) is 0 Å². The molecular formula is C30H38N2O3. The lowest BCUT2D eigenvalue weighted by Crippen LogP contribution is -2.56. The summed E-state index contributed by atoms with van der Waals surface area (Å²) in [5, 5.41) is 10.3. The van der Waals surface area contributed by atoms with Crippen molar-refractivity contribution in [3.8, 4) is 11.5 Å². The molecule has 5 nitrogen and oxygen atoms in total. The van der Waals surface area contributed by atoms with E-state index in [4.69, 9.17) is 4.74 Å². The average Bonchev–Trinajstić information content (AvgIpc) is 3.70. The molecule has 1 amide bonds. The molecular weight excluding hydrogens is 436 g/mol. The van der Waals surface area contributed by atoms with Gasteiger partial charge in [-0.15, -0.1) is 0 Å². The number of carbonyl (C=O) groups excluding carboxylic acids is 1. The lowest BCUT2D eigenvalue weighted by Gasteiger charge is -2.54. The second kappa shape index (κ2) is 10.1. The molecule has 5 rings (SSSR count). The summed E-state index contributed by atoms with van der Waals surface area (Å²) >= 11 is 0. The minimum atomic E-state index is 0.00670. The number of methoxy groups -OCH3 is 1. The van der Waals surface area contributed by atoms with E-state index in [1.807, 2.05) is 54.4 Å². The molecule has 2 aromatic carbocycles. The summed E-state index contributed by atoms with van der Waals surface area (Å²) in [6.07, 6.45) is 10.5. The van der Waals surface area contributed by atoms with Crippen molar-refractivity contribution in [1.82, 2.24) is 9.80 Å². The van der Waals surface area contributed by atoms with Gasteiger partial charge < -0.3 is 19.6 Å². The number of likely N-dealkylation sites (tertiary alicyclic amines) is 1. The fraction of sp³-hybridized carbons (Fsp3) is 0.500. The smallest absolute Gasteiger partial charge is 0.246 e. The Labute approximate surface area is 209 Å². The Kier molecular flexibility index (Phi) is 6.88. The van der Waals surface area contributed by atoms with Crippen molar-refractivity contribution < 1.29 is 14.6 Å². The Morgan fingerprint density at radius 1 is 1.17 bits per heavy atom. The fourth-order valence-electron chi connectivity index (χ4n) is 6.38. The molecule has 5 heteroatoms. The Hall–Kier alpha value is -2.79. The first-order valence-electron chi connectivity index (χ1n) is 13.1. The van der Waals surface area contributed by atoms with Crippen LogP contribution in [-0.2, 0) is 10.2 Å². The van der Waals surface area contributed by atoms with Crippen molar-refractivity contribution >= 4 is 12.0 Å². The van der Waals surface area contributed by atoms with Gasteiger partial charge in [-0.05, 0) is 98.4 Å². The summed E-state index contributed by atoms with van der Waals surface area (Å²) in [4.78, 5) is 17.8. The molecule has 3 aliphatic rings. The van der Waals surface area contributed by atoms with Crippen molar-refractivity contribution in [2.75, 3.05) is 33.8 Å². The van der Waals surface area contributed by atoms with Gasteiger partial charge in [-0.3, -0.25) is 4.79 Å². The zero-order valence-electron chi connectivity index (χ0n) is 21.0. The molecule has 35 heavy (non-hydrogen) atoms. The Balaban J connectivity index is 1.33. The van der Waals surface area contributed by atoms with Crippen LogP contribution < -0.4 is 4.74 Å². The van der Waals surface area contributed by atoms with E-state index in [1.165, 1.54) is 24.9 Å². The summed E-state index contributed by atoms with van der Waals surface area (Å²) in [5.41, 5.74) is 2.20. The van der Waals surface area contributed by atoms with Crippen LogP contribution in [-0.4, -0.2) is 60.6 Å². The van der Waals surface area contributed by atoms with Crippen LogP contribution in [0, 0.1) is 11.8 Å². The highest BCUT2D eigenvalue weighted by Gasteiger charge is 2.49. The summed E-state index contributed by atoms with van der Waals surface area (Å²) in [6.45, 7) is 3.47. The van der Waals surface area contributed by atoms with Crippen molar-refractivity contribution in [2.45, 2.75) is 50.0 Å². The first kappa shape index (κ1) is 23.9. The van der Waals surface area contributed by atoms with Gasteiger partial charge in [0.25, 0.3) is 0 Å². The van der Waals surface area contributed by atoms with Crippen molar-refractivity contribution in [3.63, 3.8) is 0 Å². The van der Waals surface area contributed by atoms with Gasteiger partial charge in [-0.25, -0.2) is 0 Å². The number of carbonyl (C=O) groups is 1. The number of aromatic hydroxyl groups is 1. The fourth-order valence-corrected chi connectivity index (χ4v) is 6.38. The zero-order chi connectivity index (χ0) is 24.4. The minimum Gasteiger partial charge on any atom is -0.508 e. The molecule has 186 valence electrons. The number of likely N-dealkylation sites (N-methyl/N-ethyl adjacent to an activating group) is 1. The number of rotatable bonds is 7. The van der Waals surface area contributed by atoms with E-state index in [-0.39, 0.29) is 17.4 Å². The average molecular weight is 475 g/mol. The first-order chi connectivity index (χ1) is 17.0. The van der Waals surface area contributed by atoms with Gasteiger partial charge in [-0.1, -0.05) is 24.3 Å². The maximum absolute atomic E-state index is 13.2. The molecule has 2 saturated carbocycles. The highest BCUT2D eigenvalue weighted by molar-refractivity contribution is 5.91. The quantitative estimate of drug-likeness (QED) is 0.568. The molecule has 1 N–H and O–H groups in total. The third kappa shape index (κ3) is 5.25. The highest BCUT2D eigenvalue weighted by Crippen LogP contribution is 2.51. The molecule has 0 unspecified atom stereocenters. The standard InChI is InChI=1S/C30H38N2O3/c1-31(29(34)14-11-22-5-3-8-28(17-22)35-2)26-13-12-25-21-32(20-23-9-10-23)16-15-30(25,19-26)24-6-4-7-27(33)18-24/h3-8,11,14,17-18,23,25-26,33H,9-10,12-13,15-16,19-21H2,1-2H3/t25-,26-,30+/m1/s1. The van der Waals surface area contributed by atoms with Gasteiger partial charge in [0, 0.05) is 37.7 Å². The van der Waals surface area contributed by atoms with Crippen LogP contribution in [0.15, 0.2) is 54.6 Å². The van der Waals surface area contributed by atoms with E-state index in [0.717, 1.165) is 56.0 Å². The normalized spacial score (nSPS) is 26.9. The van der Waals surface area contributed by atoms with Crippen LogP contribution in [0.5, 0.6) is 11.5 Å². The second-order valence-electron chi connectivity index (χ2n) is 10.9. The van der Waals surface area contributed by atoms with Crippen LogP contribution in [0.2, 0.25) is 0 Å². The van der Waals surface area contributed by atoms with Gasteiger partial charge in [-0.2, -0.15) is 0 Å². The van der Waals surface area contributed by atoms with E-state index >= 15 is 0 Å². The summed E-state index contributed by atoms with van der Waals surface area (Å²) in [7, 11) is 3.60. The third-order valence-corrected chi connectivity index (χ3v) is 8.62. The van der Waals surface area contributed by atoms with Crippen LogP contribution >= 0.6 is 0 Å². The van der Waals surface area contributed by atoms with Crippen molar-refractivity contribution in [1.29, 1.82) is 0 Å². The van der Waals surface area contributed by atoms with E-state index in [9.17, 15) is 9.90 Å². The van der Waals surface area contributed by atoms with E-state index < -0.39 is 0 Å². The molecule has 0 bridgehead atoms. The number of nitrogens with zero attached hydrogens (tertiary/aromatic N) is 2. The number of phenolic OH excluding ortho intramolecular Hbond substituents is 1. The Morgan fingerprint density at radius 2 is 2.00 bits per heavy atom. The summed E-state index contributed by atoms with van der Waals surface area (Å²) in [5.74, 6) is 2.62. The van der Waals surface area contributed by atoms with E-state index in [2.05, 4.69) is 11.0 Å². The molecule has 1 aliphatic heterocycles. The van der Waals surface area contributed by atoms with Gasteiger partial charge in [0.05, 0.1) is 7.11 Å². The number of hydrogen-bond donors (Lipinski definition) is 1. The number of phenols is 1. The molecule has 3 fully saturated rings. The number of amides is 1. The van der Waals surface area contributed by atoms with Crippen LogP contribution in [0.25, 0.3) is 6.08 Å². The largest absolute Gasteiger partial charge is 0.508 e. The molecule has 1 heterocycles. The summed E-state index contributed by atoms with van der Waals surface area (Å²) in [6, 6.07) is 15.8. The number of ether oxygens (including phenoxy) is 1. The summed E-state index contributed by atoms with van der Waals surface area (Å²) < 4.78 is 5.30. The van der Waals surface area contributed by atoms with Crippen LogP contribution in [0.1, 0.15) is 49.7 Å². The molecule has 2 aliphatic carbocycles. The van der Waals surface area contributed by atoms with E-state index in [0.29, 0.717) is 11.7 Å². The van der Waals surface area contributed by atoms with Gasteiger partial charge in [0.1, 0.15) is 11.5 Å². The van der Waals surface area contributed by atoms with Crippen molar-refractivity contribution in [3.05, 3.63) is 65.7 Å². The molecule has 0 radical (unpaired) electrons. The predicted octanol–water partition coefficient (Wildman–Crippen LogP) is 5.09. The topological polar surface area (TPSA) is 53.0 Å². The number of hydrogen-bond acceptors (Lipinski definition) is 4. The SMILES string of the molecule is COc1cccc(C=CC(=O)N(C)[C@@H]2CC[C@@H]3CN(CC4CC4)CC[C@@]3(c3cccc(O)c3)C2)c1. The van der Waals surface area contributed by atoms with Crippen molar-refractivity contribution in [2.24, 2.45) is 11.8 Å². The number of benzene rings is 2. The maximum atomic E-state index is 13.2. The molecule has 0 aromatic heterocycles. The molecule has 2 aromatic rings. The van der Waals surface area contributed by atoms with Gasteiger partial charge in [0.15, 0.2) is 0 Å². The van der Waals surface area contributed by atoms with Crippen LogP contribution in [0.3, 0.4) is 0 Å². The zero-order valence-corrected chi connectivity index (χ0v) is 21.0. The monoisotopic (exact) mass is 474 g/mol. The second-order valence-corrected chi connectivity index (χ2v) is 10.9. The molecule has 0 spiro atoms. The number of piperidine rings is 1. The Bertz CT molecular complexity index is 1080. The van der Waals surface area contributed by atoms with E-state index in [1.54, 1.807) is 19.3 Å². The van der Waals surface area contributed by atoms with Gasteiger partial charge >= 0.3 is 0 Å². The highest BCUT2D eigenvalue weighted by atomic mass is 16.5. The molecule has 3 atom stereocenters. The minimum absolute atomic E-state index is 0.00670. The molecule has 1 saturated heterocycles. The lowest BCUT2D eigenvalue weighted by molar-refractivity contribution is -0.128. The van der Waals surface area contributed by atoms with Gasteiger partial charge in [0.2, 0.25) is 5.91 Å². The lowest BCUT2D eigenvalue weighted by atomic mass is 9.57.